The largest absolute Gasteiger partial charge is 0.476 e. The number of carboxylic acid groups (broad SMARTS) is 1. The van der Waals surface area contributed by atoms with E-state index in [1.165, 1.54) is 0 Å². The third kappa shape index (κ3) is 2.46. The Morgan fingerprint density at radius 1 is 1.15 bits per heavy atom. The summed E-state index contributed by atoms with van der Waals surface area (Å²) in [6.07, 6.45) is -0.0797. The Labute approximate surface area is 154 Å². The maximum Gasteiger partial charge on any atom is 0.356 e. The maximum atomic E-state index is 13.1. The number of carbonyl (C=O) groups excluding carboxylic acids is 1. The highest BCUT2D eigenvalue weighted by Crippen LogP contribution is 2.38. The lowest BCUT2D eigenvalue weighted by molar-refractivity contribution is -0.117. The van der Waals surface area contributed by atoms with Crippen molar-refractivity contribution in [1.82, 2.24) is 9.55 Å². The summed E-state index contributed by atoms with van der Waals surface area (Å²) in [6, 6.07) is 14.4. The second-order valence-electron chi connectivity index (χ2n) is 5.97. The van der Waals surface area contributed by atoms with Gasteiger partial charge < -0.3 is 5.11 Å². The first kappa shape index (κ1) is 16.4. The van der Waals surface area contributed by atoms with Gasteiger partial charge in [-0.3, -0.25) is 14.3 Å². The number of para-hydroxylation sites is 1. The Kier molecular flexibility index (Phi) is 3.77. The lowest BCUT2D eigenvalue weighted by Crippen LogP contribution is -2.27. The van der Waals surface area contributed by atoms with Crippen molar-refractivity contribution in [3.8, 4) is 5.69 Å². The SMILES string of the molecule is Cc1nc(C(=O)O)c2n1-c1ccc(Cl)cc1N(c1ccccc1)C(=O)C2. The van der Waals surface area contributed by atoms with Gasteiger partial charge in [0.25, 0.3) is 0 Å². The maximum absolute atomic E-state index is 13.1. The molecule has 0 bridgehead atoms. The van der Waals surface area contributed by atoms with Crippen LogP contribution >= 0.6 is 11.6 Å². The Morgan fingerprint density at radius 2 is 1.88 bits per heavy atom. The van der Waals surface area contributed by atoms with E-state index in [1.807, 2.05) is 30.3 Å². The Hall–Kier alpha value is -3.12. The van der Waals surface area contributed by atoms with E-state index in [0.717, 1.165) is 0 Å². The Balaban J connectivity index is 2.04. The van der Waals surface area contributed by atoms with Gasteiger partial charge in [-0.15, -0.1) is 0 Å². The number of halogens is 1. The zero-order valence-corrected chi connectivity index (χ0v) is 14.6. The van der Waals surface area contributed by atoms with Gasteiger partial charge in [-0.05, 0) is 37.3 Å². The molecule has 0 radical (unpaired) electrons. The number of rotatable bonds is 2. The molecule has 130 valence electrons. The number of imidazole rings is 1. The molecule has 7 heteroatoms. The van der Waals surface area contributed by atoms with Crippen LogP contribution in [0.2, 0.25) is 5.02 Å². The first-order chi connectivity index (χ1) is 12.5. The molecule has 0 atom stereocenters. The van der Waals surface area contributed by atoms with E-state index in [1.54, 1.807) is 34.6 Å². The first-order valence-corrected chi connectivity index (χ1v) is 8.34. The van der Waals surface area contributed by atoms with E-state index in [0.29, 0.717) is 33.6 Å². The molecule has 0 spiro atoms. The second kappa shape index (κ2) is 6.00. The fourth-order valence-electron chi connectivity index (χ4n) is 3.31. The van der Waals surface area contributed by atoms with Crippen LogP contribution in [0.3, 0.4) is 0 Å². The van der Waals surface area contributed by atoms with Crippen molar-refractivity contribution in [2.45, 2.75) is 13.3 Å². The smallest absolute Gasteiger partial charge is 0.356 e. The summed E-state index contributed by atoms with van der Waals surface area (Å²) in [4.78, 5) is 30.4. The molecule has 26 heavy (non-hydrogen) atoms. The minimum Gasteiger partial charge on any atom is -0.476 e. The molecule has 0 aliphatic carbocycles. The third-order valence-corrected chi connectivity index (χ3v) is 4.58. The van der Waals surface area contributed by atoms with Crippen molar-refractivity contribution in [3.05, 3.63) is 70.8 Å². The summed E-state index contributed by atoms with van der Waals surface area (Å²) in [5, 5.41) is 9.97. The zero-order valence-electron chi connectivity index (χ0n) is 13.8. The molecular formula is C19H14ClN3O3. The molecule has 4 rings (SSSR count). The molecule has 0 saturated carbocycles. The van der Waals surface area contributed by atoms with E-state index in [-0.39, 0.29) is 18.0 Å². The van der Waals surface area contributed by atoms with Crippen molar-refractivity contribution >= 4 is 34.9 Å². The number of aromatic carboxylic acids is 1. The number of carbonyl (C=O) groups is 2. The molecule has 0 fully saturated rings. The van der Waals surface area contributed by atoms with Crippen molar-refractivity contribution in [1.29, 1.82) is 0 Å². The average molecular weight is 368 g/mol. The molecular weight excluding hydrogens is 354 g/mol. The zero-order chi connectivity index (χ0) is 18.4. The molecule has 2 aromatic carbocycles. The number of aryl methyl sites for hydroxylation is 1. The Bertz CT molecular complexity index is 1040. The summed E-state index contributed by atoms with van der Waals surface area (Å²) in [5.74, 6) is -0.900. The normalized spacial score (nSPS) is 13.2. The number of nitrogens with zero attached hydrogens (tertiary/aromatic N) is 3. The van der Waals surface area contributed by atoms with Gasteiger partial charge in [0.1, 0.15) is 5.82 Å². The van der Waals surface area contributed by atoms with Gasteiger partial charge >= 0.3 is 5.97 Å². The van der Waals surface area contributed by atoms with Crippen LogP contribution in [-0.2, 0) is 11.2 Å². The monoisotopic (exact) mass is 367 g/mol. The van der Waals surface area contributed by atoms with Gasteiger partial charge in [-0.1, -0.05) is 29.8 Å². The predicted molar refractivity (Wildman–Crippen MR) is 97.6 cm³/mol. The minimum absolute atomic E-state index is 0.0797. The fraction of sp³-hybridized carbons (Fsp3) is 0.105. The number of benzene rings is 2. The van der Waals surface area contributed by atoms with E-state index >= 15 is 0 Å². The molecule has 0 unspecified atom stereocenters. The summed E-state index contributed by atoms with van der Waals surface area (Å²) >= 11 is 6.20. The van der Waals surface area contributed by atoms with Gasteiger partial charge in [0.2, 0.25) is 5.91 Å². The van der Waals surface area contributed by atoms with Crippen LogP contribution in [0.15, 0.2) is 48.5 Å². The second-order valence-corrected chi connectivity index (χ2v) is 6.41. The summed E-state index contributed by atoms with van der Waals surface area (Å²) in [6.45, 7) is 1.72. The van der Waals surface area contributed by atoms with Crippen LogP contribution in [0.1, 0.15) is 22.0 Å². The molecule has 1 N–H and O–H groups in total. The van der Waals surface area contributed by atoms with Crippen molar-refractivity contribution in [2.75, 3.05) is 4.90 Å². The van der Waals surface area contributed by atoms with Crippen LogP contribution < -0.4 is 4.90 Å². The number of carboxylic acids is 1. The van der Waals surface area contributed by atoms with Gasteiger partial charge in [0.15, 0.2) is 5.69 Å². The highest BCUT2D eigenvalue weighted by Gasteiger charge is 2.32. The fourth-order valence-corrected chi connectivity index (χ4v) is 3.48. The summed E-state index contributed by atoms with van der Waals surface area (Å²) in [7, 11) is 0. The van der Waals surface area contributed by atoms with E-state index < -0.39 is 5.97 Å². The third-order valence-electron chi connectivity index (χ3n) is 4.34. The lowest BCUT2D eigenvalue weighted by Gasteiger charge is -2.23. The van der Waals surface area contributed by atoms with Gasteiger partial charge in [-0.25, -0.2) is 9.78 Å². The minimum atomic E-state index is -1.15. The lowest BCUT2D eigenvalue weighted by atomic mass is 10.2. The van der Waals surface area contributed by atoms with E-state index in [2.05, 4.69) is 4.98 Å². The predicted octanol–water partition coefficient (Wildman–Crippen LogP) is 3.75. The molecule has 6 nitrogen and oxygen atoms in total. The Morgan fingerprint density at radius 3 is 2.58 bits per heavy atom. The summed E-state index contributed by atoms with van der Waals surface area (Å²) < 4.78 is 1.72. The molecule has 1 aromatic heterocycles. The number of hydrogen-bond acceptors (Lipinski definition) is 3. The molecule has 2 heterocycles. The number of anilines is 2. The number of amides is 1. The number of fused-ring (bicyclic) bond motifs is 3. The highest BCUT2D eigenvalue weighted by molar-refractivity contribution is 6.31. The molecule has 0 saturated heterocycles. The molecule has 1 amide bonds. The van der Waals surface area contributed by atoms with E-state index in [4.69, 9.17) is 11.6 Å². The standard InChI is InChI=1S/C19H14ClN3O3/c1-11-21-18(19(25)26)16-10-17(24)23(13-5-3-2-4-6-13)15-9-12(20)7-8-14(15)22(11)16/h2-9H,10H2,1H3,(H,25,26). The molecule has 3 aromatic rings. The van der Waals surface area contributed by atoms with Crippen LogP contribution in [0, 0.1) is 6.92 Å². The van der Waals surface area contributed by atoms with Crippen molar-refractivity contribution in [2.24, 2.45) is 0 Å². The number of hydrogen-bond donors (Lipinski definition) is 1. The van der Waals surface area contributed by atoms with Crippen LogP contribution in [-0.4, -0.2) is 26.5 Å². The topological polar surface area (TPSA) is 75.4 Å². The number of aromatic nitrogens is 2. The van der Waals surface area contributed by atoms with Gasteiger partial charge in [-0.2, -0.15) is 0 Å². The van der Waals surface area contributed by atoms with Crippen molar-refractivity contribution in [3.63, 3.8) is 0 Å². The first-order valence-electron chi connectivity index (χ1n) is 7.97. The van der Waals surface area contributed by atoms with E-state index in [9.17, 15) is 14.7 Å². The summed E-state index contributed by atoms with van der Waals surface area (Å²) in [5.41, 5.74) is 2.20. The van der Waals surface area contributed by atoms with Crippen molar-refractivity contribution < 1.29 is 14.7 Å². The quantitative estimate of drug-likeness (QED) is 0.748. The van der Waals surface area contributed by atoms with Crippen LogP contribution in [0.25, 0.3) is 5.69 Å². The van der Waals surface area contributed by atoms with Crippen LogP contribution in [0.4, 0.5) is 11.4 Å². The average Bonchev–Trinajstić information content (AvgIpc) is 2.86. The highest BCUT2D eigenvalue weighted by atomic mass is 35.5. The van der Waals surface area contributed by atoms with Crippen LogP contribution in [0.5, 0.6) is 0 Å². The van der Waals surface area contributed by atoms with Gasteiger partial charge in [0.05, 0.1) is 23.5 Å². The molecule has 1 aliphatic heterocycles. The molecule has 1 aliphatic rings. The van der Waals surface area contributed by atoms with Gasteiger partial charge in [0, 0.05) is 10.7 Å².